The zero-order chi connectivity index (χ0) is 12.6. The van der Waals surface area contributed by atoms with Crippen molar-refractivity contribution in [2.24, 2.45) is 0 Å². The van der Waals surface area contributed by atoms with Crippen LogP contribution in [-0.4, -0.2) is 11.8 Å². The van der Waals surface area contributed by atoms with Crippen LogP contribution in [0.4, 0.5) is 18.9 Å². The molecule has 0 fully saturated rings. The maximum Gasteiger partial charge on any atom is 0.417 e. The van der Waals surface area contributed by atoms with Crippen molar-refractivity contribution in [3.63, 3.8) is 0 Å². The van der Waals surface area contributed by atoms with E-state index in [1.54, 1.807) is 0 Å². The van der Waals surface area contributed by atoms with Gasteiger partial charge in [0.25, 0.3) is 0 Å². The third-order valence-electron chi connectivity index (χ3n) is 2.93. The van der Waals surface area contributed by atoms with E-state index < -0.39 is 17.5 Å². The Morgan fingerprint density at radius 2 is 2.12 bits per heavy atom. The highest BCUT2D eigenvalue weighted by Gasteiger charge is 2.38. The summed E-state index contributed by atoms with van der Waals surface area (Å²) in [6.45, 7) is 1.89. The zero-order valence-corrected chi connectivity index (χ0v) is 9.27. The normalized spacial score (nSPS) is 19.8. The van der Waals surface area contributed by atoms with Gasteiger partial charge in [0.2, 0.25) is 0 Å². The number of anilines is 1. The zero-order valence-electron chi connectivity index (χ0n) is 9.27. The lowest BCUT2D eigenvalue weighted by Crippen LogP contribution is -2.30. The molecule has 0 saturated heterocycles. The highest BCUT2D eigenvalue weighted by Crippen LogP contribution is 2.38. The van der Waals surface area contributed by atoms with Crippen molar-refractivity contribution in [2.75, 3.05) is 5.32 Å². The monoisotopic (exact) mass is 243 g/mol. The Bertz CT molecular complexity index is 454. The summed E-state index contributed by atoms with van der Waals surface area (Å²) in [5, 5.41) is 2.97. The van der Waals surface area contributed by atoms with E-state index in [1.807, 2.05) is 6.92 Å². The number of Topliss-reactive ketones (excluding diaryl/α,β-unsaturated/α-hetero) is 1. The van der Waals surface area contributed by atoms with Crippen molar-refractivity contribution < 1.29 is 18.0 Å². The molecule has 1 aromatic carbocycles. The molecule has 0 amide bonds. The van der Waals surface area contributed by atoms with Gasteiger partial charge in [0.05, 0.1) is 11.1 Å². The number of ketones is 1. The van der Waals surface area contributed by atoms with Crippen LogP contribution < -0.4 is 5.32 Å². The molecule has 1 aliphatic rings. The largest absolute Gasteiger partial charge is 0.417 e. The third kappa shape index (κ3) is 2.14. The van der Waals surface area contributed by atoms with Gasteiger partial charge in [0.15, 0.2) is 5.78 Å². The van der Waals surface area contributed by atoms with Gasteiger partial charge < -0.3 is 5.32 Å². The molecule has 0 aromatic heterocycles. The van der Waals surface area contributed by atoms with Crippen molar-refractivity contribution in [1.82, 2.24) is 0 Å². The highest BCUT2D eigenvalue weighted by molar-refractivity contribution is 6.05. The van der Waals surface area contributed by atoms with Gasteiger partial charge >= 0.3 is 6.18 Å². The first kappa shape index (κ1) is 12.0. The molecule has 0 radical (unpaired) electrons. The first-order chi connectivity index (χ1) is 7.93. The summed E-state index contributed by atoms with van der Waals surface area (Å²) < 4.78 is 38.2. The highest BCUT2D eigenvalue weighted by atomic mass is 19.4. The Balaban J connectivity index is 2.52. The minimum atomic E-state index is -4.48. The standard InChI is InChI=1S/C12H12F3NO/c1-2-7-6-10(17)11-8(12(13,14)15)4-3-5-9(11)16-7/h3-5,7,16H,2,6H2,1H3/t7-/m1/s1. The molecule has 0 unspecified atom stereocenters. The maximum atomic E-state index is 12.7. The number of nitrogens with one attached hydrogen (secondary N) is 1. The number of hydrogen-bond donors (Lipinski definition) is 1. The van der Waals surface area contributed by atoms with Gasteiger partial charge in [-0.05, 0) is 18.6 Å². The van der Waals surface area contributed by atoms with Gasteiger partial charge in [-0.25, -0.2) is 0 Å². The number of carbonyl (C=O) groups is 1. The van der Waals surface area contributed by atoms with Crippen LogP contribution >= 0.6 is 0 Å². The Morgan fingerprint density at radius 1 is 1.41 bits per heavy atom. The van der Waals surface area contributed by atoms with Crippen molar-refractivity contribution in [3.05, 3.63) is 29.3 Å². The summed E-state index contributed by atoms with van der Waals surface area (Å²) in [5.41, 5.74) is -0.769. The van der Waals surface area contributed by atoms with Crippen LogP contribution in [0.15, 0.2) is 18.2 Å². The average molecular weight is 243 g/mol. The molecule has 1 atom stereocenters. The lowest BCUT2D eigenvalue weighted by Gasteiger charge is -2.27. The lowest BCUT2D eigenvalue weighted by molar-refractivity contribution is -0.137. The molecule has 1 N–H and O–H groups in total. The van der Waals surface area contributed by atoms with Crippen LogP contribution in [0.2, 0.25) is 0 Å². The summed E-state index contributed by atoms with van der Waals surface area (Å²) in [6.07, 6.45) is -3.65. The van der Waals surface area contributed by atoms with E-state index in [1.165, 1.54) is 12.1 Å². The van der Waals surface area contributed by atoms with E-state index in [4.69, 9.17) is 0 Å². The van der Waals surface area contributed by atoms with Gasteiger partial charge in [0.1, 0.15) is 0 Å². The molecule has 0 saturated carbocycles. The summed E-state index contributed by atoms with van der Waals surface area (Å²) in [6, 6.07) is 3.72. The number of benzene rings is 1. The molecule has 5 heteroatoms. The summed E-state index contributed by atoms with van der Waals surface area (Å²) >= 11 is 0. The Morgan fingerprint density at radius 3 is 2.71 bits per heavy atom. The molecular weight excluding hydrogens is 231 g/mol. The van der Waals surface area contributed by atoms with Gasteiger partial charge in [-0.1, -0.05) is 13.0 Å². The van der Waals surface area contributed by atoms with Gasteiger partial charge in [-0.3, -0.25) is 4.79 Å². The van der Waals surface area contributed by atoms with Gasteiger partial charge in [-0.2, -0.15) is 13.2 Å². The Kier molecular flexibility index (Phi) is 2.85. The fourth-order valence-corrected chi connectivity index (χ4v) is 2.05. The molecule has 2 rings (SSSR count). The van der Waals surface area contributed by atoms with Crippen LogP contribution in [0.1, 0.15) is 35.7 Å². The molecular formula is C12H12F3NO. The van der Waals surface area contributed by atoms with Gasteiger partial charge in [-0.15, -0.1) is 0 Å². The van der Waals surface area contributed by atoms with E-state index >= 15 is 0 Å². The number of hydrogen-bond acceptors (Lipinski definition) is 2. The summed E-state index contributed by atoms with van der Waals surface area (Å²) in [5.74, 6) is -0.432. The number of rotatable bonds is 1. The number of halogens is 3. The molecule has 1 aliphatic heterocycles. The van der Waals surface area contributed by atoms with E-state index in [0.29, 0.717) is 12.1 Å². The van der Waals surface area contributed by atoms with Crippen LogP contribution in [0.5, 0.6) is 0 Å². The van der Waals surface area contributed by atoms with Gasteiger partial charge in [0, 0.05) is 18.2 Å². The second kappa shape index (κ2) is 4.05. The first-order valence-corrected chi connectivity index (χ1v) is 5.43. The minimum Gasteiger partial charge on any atom is -0.381 e. The molecule has 92 valence electrons. The van der Waals surface area contributed by atoms with E-state index in [0.717, 1.165) is 6.07 Å². The average Bonchev–Trinajstić information content (AvgIpc) is 2.26. The molecule has 0 spiro atoms. The lowest BCUT2D eigenvalue weighted by atomic mass is 9.91. The Hall–Kier alpha value is -1.52. The number of fused-ring (bicyclic) bond motifs is 1. The molecule has 2 nitrogen and oxygen atoms in total. The van der Waals surface area contributed by atoms with E-state index in [2.05, 4.69) is 5.32 Å². The molecule has 17 heavy (non-hydrogen) atoms. The fraction of sp³-hybridized carbons (Fsp3) is 0.417. The second-order valence-corrected chi connectivity index (χ2v) is 4.10. The van der Waals surface area contributed by atoms with Crippen molar-refractivity contribution in [2.45, 2.75) is 32.0 Å². The SMILES string of the molecule is CC[C@@H]1CC(=O)c2c(cccc2C(F)(F)F)N1. The van der Waals surface area contributed by atoms with Crippen LogP contribution in [0.25, 0.3) is 0 Å². The molecule has 0 bridgehead atoms. The van der Waals surface area contributed by atoms with Crippen LogP contribution in [0, 0.1) is 0 Å². The van der Waals surface area contributed by atoms with E-state index in [9.17, 15) is 18.0 Å². The summed E-state index contributed by atoms with van der Waals surface area (Å²) in [4.78, 5) is 11.8. The predicted octanol–water partition coefficient (Wildman–Crippen LogP) is 3.48. The Labute approximate surface area is 96.8 Å². The smallest absolute Gasteiger partial charge is 0.381 e. The topological polar surface area (TPSA) is 29.1 Å². The fourth-order valence-electron chi connectivity index (χ4n) is 2.05. The number of carbonyl (C=O) groups excluding carboxylic acids is 1. The van der Waals surface area contributed by atoms with Crippen molar-refractivity contribution in [3.8, 4) is 0 Å². The first-order valence-electron chi connectivity index (χ1n) is 5.43. The van der Waals surface area contributed by atoms with Crippen LogP contribution in [-0.2, 0) is 6.18 Å². The quantitative estimate of drug-likeness (QED) is 0.818. The van der Waals surface area contributed by atoms with E-state index in [-0.39, 0.29) is 18.0 Å². The summed E-state index contributed by atoms with van der Waals surface area (Å²) in [7, 11) is 0. The minimum absolute atomic E-state index is 0.0708. The third-order valence-corrected chi connectivity index (χ3v) is 2.93. The maximum absolute atomic E-state index is 12.7. The number of alkyl halides is 3. The van der Waals surface area contributed by atoms with Crippen LogP contribution in [0.3, 0.4) is 0 Å². The predicted molar refractivity (Wildman–Crippen MR) is 58.1 cm³/mol. The molecule has 1 heterocycles. The molecule has 1 aromatic rings. The second-order valence-electron chi connectivity index (χ2n) is 4.10. The van der Waals surface area contributed by atoms with Crippen molar-refractivity contribution in [1.29, 1.82) is 0 Å². The molecule has 0 aliphatic carbocycles. The van der Waals surface area contributed by atoms with Crippen molar-refractivity contribution >= 4 is 11.5 Å².